The monoisotopic (exact) mass is 429 g/mol. The summed E-state index contributed by atoms with van der Waals surface area (Å²) in [5.41, 5.74) is 2.79. The van der Waals surface area contributed by atoms with Crippen LogP contribution >= 0.6 is 0 Å². The SMILES string of the molecule is O=C(O)NCC[C@@H](CNC(=O)c1nc2ccc(-c3ccc(F)cc3)cc2[nH]1)NC(=O)O. The van der Waals surface area contributed by atoms with Gasteiger partial charge in [-0.05, 0) is 41.8 Å². The van der Waals surface area contributed by atoms with E-state index >= 15 is 0 Å². The average Bonchev–Trinajstić information content (AvgIpc) is 3.15. The minimum Gasteiger partial charge on any atom is -0.465 e. The smallest absolute Gasteiger partial charge is 0.404 e. The van der Waals surface area contributed by atoms with Crippen LogP contribution in [0, 0.1) is 5.82 Å². The number of hydrogen-bond acceptors (Lipinski definition) is 4. The molecule has 0 saturated heterocycles. The van der Waals surface area contributed by atoms with Gasteiger partial charge in [-0.25, -0.2) is 19.0 Å². The largest absolute Gasteiger partial charge is 0.465 e. The molecule has 0 saturated carbocycles. The first-order valence-electron chi connectivity index (χ1n) is 9.32. The minimum atomic E-state index is -1.29. The highest BCUT2D eigenvalue weighted by Gasteiger charge is 2.16. The minimum absolute atomic E-state index is 0.0208. The molecule has 3 rings (SSSR count). The number of rotatable bonds is 8. The third kappa shape index (κ3) is 5.92. The van der Waals surface area contributed by atoms with Crippen LogP contribution in [0.1, 0.15) is 17.0 Å². The van der Waals surface area contributed by atoms with Crippen LogP contribution in [-0.4, -0.2) is 57.4 Å². The van der Waals surface area contributed by atoms with E-state index in [0.717, 1.165) is 11.1 Å². The van der Waals surface area contributed by atoms with Gasteiger partial charge in [0.05, 0.1) is 17.1 Å². The number of aromatic nitrogens is 2. The Morgan fingerprint density at radius 2 is 1.71 bits per heavy atom. The fourth-order valence-corrected chi connectivity index (χ4v) is 2.99. The van der Waals surface area contributed by atoms with Crippen molar-refractivity contribution in [2.75, 3.05) is 13.1 Å². The van der Waals surface area contributed by atoms with Gasteiger partial charge in [0, 0.05) is 13.1 Å². The maximum Gasteiger partial charge on any atom is 0.404 e. The van der Waals surface area contributed by atoms with Gasteiger partial charge in [-0.15, -0.1) is 0 Å². The van der Waals surface area contributed by atoms with Gasteiger partial charge in [-0.3, -0.25) is 4.79 Å². The molecule has 0 fully saturated rings. The molecule has 2 aromatic carbocycles. The second kappa shape index (κ2) is 9.57. The number of benzene rings is 2. The summed E-state index contributed by atoms with van der Waals surface area (Å²) >= 11 is 0. The van der Waals surface area contributed by atoms with E-state index < -0.39 is 24.1 Å². The second-order valence-electron chi connectivity index (χ2n) is 6.70. The number of carbonyl (C=O) groups is 3. The van der Waals surface area contributed by atoms with Crippen molar-refractivity contribution < 1.29 is 29.0 Å². The molecule has 0 spiro atoms. The van der Waals surface area contributed by atoms with Crippen molar-refractivity contribution >= 4 is 29.1 Å². The lowest BCUT2D eigenvalue weighted by molar-refractivity contribution is 0.0938. The molecule has 0 unspecified atom stereocenters. The van der Waals surface area contributed by atoms with E-state index in [2.05, 4.69) is 25.9 Å². The number of carboxylic acid groups (broad SMARTS) is 2. The predicted octanol–water partition coefficient (Wildman–Crippen LogP) is 2.39. The van der Waals surface area contributed by atoms with Gasteiger partial charge in [0.1, 0.15) is 5.82 Å². The van der Waals surface area contributed by atoms with Gasteiger partial charge in [0.25, 0.3) is 5.91 Å². The van der Waals surface area contributed by atoms with Crippen molar-refractivity contribution in [2.45, 2.75) is 12.5 Å². The maximum atomic E-state index is 13.1. The van der Waals surface area contributed by atoms with E-state index in [1.807, 2.05) is 0 Å². The van der Waals surface area contributed by atoms with Gasteiger partial charge in [0.15, 0.2) is 5.82 Å². The van der Waals surface area contributed by atoms with Gasteiger partial charge in [-0.2, -0.15) is 0 Å². The van der Waals surface area contributed by atoms with Crippen molar-refractivity contribution in [3.63, 3.8) is 0 Å². The van der Waals surface area contributed by atoms with Gasteiger partial charge in [-0.1, -0.05) is 18.2 Å². The molecule has 10 nitrogen and oxygen atoms in total. The number of nitrogens with one attached hydrogen (secondary N) is 4. The van der Waals surface area contributed by atoms with E-state index in [9.17, 15) is 18.8 Å². The van der Waals surface area contributed by atoms with Gasteiger partial charge >= 0.3 is 12.2 Å². The molecule has 6 N–H and O–H groups in total. The molecule has 31 heavy (non-hydrogen) atoms. The Morgan fingerprint density at radius 1 is 1.00 bits per heavy atom. The summed E-state index contributed by atoms with van der Waals surface area (Å²) in [7, 11) is 0. The molecule has 0 aliphatic heterocycles. The number of fused-ring (bicyclic) bond motifs is 1. The van der Waals surface area contributed by atoms with Crippen LogP contribution in [0.4, 0.5) is 14.0 Å². The fourth-order valence-electron chi connectivity index (χ4n) is 2.99. The maximum absolute atomic E-state index is 13.1. The molecule has 11 heteroatoms. The lowest BCUT2D eigenvalue weighted by Gasteiger charge is -2.17. The van der Waals surface area contributed by atoms with Crippen molar-refractivity contribution in [3.05, 3.63) is 54.1 Å². The molecule has 0 aliphatic carbocycles. The Morgan fingerprint density at radius 3 is 2.39 bits per heavy atom. The highest BCUT2D eigenvalue weighted by molar-refractivity contribution is 5.95. The summed E-state index contributed by atoms with van der Waals surface area (Å²) in [5, 5.41) is 24.5. The molecule has 3 aromatic rings. The van der Waals surface area contributed by atoms with Crippen molar-refractivity contribution in [2.24, 2.45) is 0 Å². The van der Waals surface area contributed by atoms with Crippen molar-refractivity contribution in [1.82, 2.24) is 25.9 Å². The molecular weight excluding hydrogens is 409 g/mol. The standard InChI is InChI=1S/C20H20FN5O5/c21-13-4-1-11(2-5-13)12-3-6-15-16(9-12)26-17(25-15)18(27)23-10-14(24-20(30)31)7-8-22-19(28)29/h1-6,9,14,22,24H,7-8,10H2,(H,23,27)(H,25,26)(H,28,29)(H,30,31)/t14-/m0/s1. The molecule has 1 aromatic heterocycles. The Kier molecular flexibility index (Phi) is 6.65. The summed E-state index contributed by atoms with van der Waals surface area (Å²) in [5.74, 6) is -0.827. The van der Waals surface area contributed by atoms with E-state index in [4.69, 9.17) is 10.2 Å². The molecule has 1 heterocycles. The normalized spacial score (nSPS) is 11.6. The Bertz CT molecular complexity index is 1100. The number of halogens is 1. The van der Waals surface area contributed by atoms with E-state index in [1.54, 1.807) is 30.3 Å². The van der Waals surface area contributed by atoms with Crippen LogP contribution in [0.25, 0.3) is 22.2 Å². The zero-order chi connectivity index (χ0) is 22.4. The third-order valence-corrected chi connectivity index (χ3v) is 4.48. The molecule has 1 atom stereocenters. The topological polar surface area (TPSA) is 156 Å². The lowest BCUT2D eigenvalue weighted by Crippen LogP contribution is -2.45. The van der Waals surface area contributed by atoms with Crippen LogP contribution in [0.3, 0.4) is 0 Å². The van der Waals surface area contributed by atoms with Crippen molar-refractivity contribution in [3.8, 4) is 11.1 Å². The molecule has 3 amide bonds. The van der Waals surface area contributed by atoms with Crippen LogP contribution in [-0.2, 0) is 0 Å². The van der Waals surface area contributed by atoms with Gasteiger partial charge < -0.3 is 31.1 Å². The van der Waals surface area contributed by atoms with E-state index in [1.165, 1.54) is 12.1 Å². The first-order valence-corrected chi connectivity index (χ1v) is 9.32. The summed E-state index contributed by atoms with van der Waals surface area (Å²) in [4.78, 5) is 41.0. The molecule has 162 valence electrons. The van der Waals surface area contributed by atoms with E-state index in [0.29, 0.717) is 11.0 Å². The lowest BCUT2D eigenvalue weighted by atomic mass is 10.1. The predicted molar refractivity (Wildman–Crippen MR) is 109 cm³/mol. The number of imidazole rings is 1. The highest BCUT2D eigenvalue weighted by Crippen LogP contribution is 2.23. The van der Waals surface area contributed by atoms with Crippen LogP contribution < -0.4 is 16.0 Å². The average molecular weight is 429 g/mol. The zero-order valence-electron chi connectivity index (χ0n) is 16.2. The summed E-state index contributed by atoms with van der Waals surface area (Å²) < 4.78 is 13.1. The number of aromatic amines is 1. The molecule has 0 bridgehead atoms. The fraction of sp³-hybridized carbons (Fsp3) is 0.200. The first-order chi connectivity index (χ1) is 14.8. The van der Waals surface area contributed by atoms with Crippen LogP contribution in [0.5, 0.6) is 0 Å². The number of carbonyl (C=O) groups excluding carboxylic acids is 1. The Balaban J connectivity index is 1.67. The Hall–Kier alpha value is -4.15. The first kappa shape index (κ1) is 21.6. The van der Waals surface area contributed by atoms with Gasteiger partial charge in [0.2, 0.25) is 0 Å². The Labute approximate surface area is 175 Å². The van der Waals surface area contributed by atoms with Crippen molar-refractivity contribution in [1.29, 1.82) is 0 Å². The number of amides is 3. The highest BCUT2D eigenvalue weighted by atomic mass is 19.1. The summed E-state index contributed by atoms with van der Waals surface area (Å²) in [6.07, 6.45) is -2.35. The van der Waals surface area contributed by atoms with Crippen LogP contribution in [0.15, 0.2) is 42.5 Å². The molecule has 0 radical (unpaired) electrons. The summed E-state index contributed by atoms with van der Waals surface area (Å²) in [6.45, 7) is -0.0305. The van der Waals surface area contributed by atoms with Crippen LogP contribution in [0.2, 0.25) is 0 Å². The number of H-pyrrole nitrogens is 1. The molecular formula is C20H20FN5O5. The third-order valence-electron chi connectivity index (χ3n) is 4.48. The zero-order valence-corrected chi connectivity index (χ0v) is 16.2. The number of nitrogens with zero attached hydrogens (tertiary/aromatic N) is 1. The molecule has 0 aliphatic rings. The van der Waals surface area contributed by atoms with E-state index in [-0.39, 0.29) is 31.2 Å². The quantitative estimate of drug-likeness (QED) is 0.323. The summed E-state index contributed by atoms with van der Waals surface area (Å²) in [6, 6.07) is 10.7. The second-order valence-corrected chi connectivity index (χ2v) is 6.70. The number of hydrogen-bond donors (Lipinski definition) is 6.